The SMILES string of the molecule is CN(CCS(C)(=O)=O)c1cccc(F)c1CCl. The first-order chi connectivity index (χ1) is 7.85. The van der Waals surface area contributed by atoms with E-state index >= 15 is 0 Å². The van der Waals surface area contributed by atoms with Gasteiger partial charge < -0.3 is 4.90 Å². The first-order valence-corrected chi connectivity index (χ1v) is 7.67. The molecule has 0 fully saturated rings. The van der Waals surface area contributed by atoms with Crippen molar-refractivity contribution in [2.24, 2.45) is 0 Å². The third-order valence-electron chi connectivity index (χ3n) is 2.44. The third-order valence-corrected chi connectivity index (χ3v) is 3.63. The Kier molecular flexibility index (Phi) is 4.77. The van der Waals surface area contributed by atoms with E-state index in [1.807, 2.05) is 0 Å². The van der Waals surface area contributed by atoms with Crippen LogP contribution in [0.15, 0.2) is 18.2 Å². The molecule has 0 saturated heterocycles. The number of rotatable bonds is 5. The van der Waals surface area contributed by atoms with Gasteiger partial charge in [-0.2, -0.15) is 0 Å². The fourth-order valence-electron chi connectivity index (χ4n) is 1.46. The molecule has 1 aromatic rings. The zero-order valence-corrected chi connectivity index (χ0v) is 11.4. The monoisotopic (exact) mass is 279 g/mol. The highest BCUT2D eigenvalue weighted by Gasteiger charge is 2.12. The van der Waals surface area contributed by atoms with Gasteiger partial charge in [0.05, 0.1) is 11.6 Å². The molecule has 0 amide bonds. The van der Waals surface area contributed by atoms with E-state index in [0.717, 1.165) is 0 Å². The molecule has 96 valence electrons. The van der Waals surface area contributed by atoms with Crippen molar-refractivity contribution in [1.29, 1.82) is 0 Å². The fourth-order valence-corrected chi connectivity index (χ4v) is 2.33. The quantitative estimate of drug-likeness (QED) is 0.774. The molecule has 3 nitrogen and oxygen atoms in total. The van der Waals surface area contributed by atoms with Crippen LogP contribution < -0.4 is 4.90 Å². The predicted octanol–water partition coefficient (Wildman–Crippen LogP) is 2.05. The molecule has 0 aliphatic rings. The summed E-state index contributed by atoms with van der Waals surface area (Å²) in [5.41, 5.74) is 1.02. The maximum atomic E-state index is 13.5. The molecule has 0 saturated carbocycles. The summed E-state index contributed by atoms with van der Waals surface area (Å²) in [7, 11) is -1.31. The van der Waals surface area contributed by atoms with Crippen LogP contribution in [0.4, 0.5) is 10.1 Å². The van der Waals surface area contributed by atoms with Gasteiger partial charge in [-0.05, 0) is 12.1 Å². The molecule has 17 heavy (non-hydrogen) atoms. The van der Waals surface area contributed by atoms with Crippen LogP contribution in [-0.2, 0) is 15.7 Å². The Morgan fingerprint density at radius 1 is 1.41 bits per heavy atom. The van der Waals surface area contributed by atoms with E-state index in [1.165, 1.54) is 12.3 Å². The van der Waals surface area contributed by atoms with Crippen molar-refractivity contribution in [1.82, 2.24) is 0 Å². The van der Waals surface area contributed by atoms with Crippen molar-refractivity contribution in [3.05, 3.63) is 29.6 Å². The first kappa shape index (κ1) is 14.3. The molecule has 0 aromatic heterocycles. The predicted molar refractivity (Wildman–Crippen MR) is 68.9 cm³/mol. The van der Waals surface area contributed by atoms with Crippen LogP contribution in [0, 0.1) is 5.82 Å². The van der Waals surface area contributed by atoms with E-state index in [-0.39, 0.29) is 17.5 Å². The molecular formula is C11H15ClFNO2S. The topological polar surface area (TPSA) is 37.4 Å². The second kappa shape index (κ2) is 5.69. The van der Waals surface area contributed by atoms with Crippen molar-refractivity contribution in [2.75, 3.05) is 30.5 Å². The summed E-state index contributed by atoms with van der Waals surface area (Å²) in [6.07, 6.45) is 1.18. The highest BCUT2D eigenvalue weighted by molar-refractivity contribution is 7.90. The number of anilines is 1. The summed E-state index contributed by atoms with van der Waals surface area (Å²) in [6, 6.07) is 4.65. The average molecular weight is 280 g/mol. The van der Waals surface area contributed by atoms with Gasteiger partial charge in [-0.15, -0.1) is 11.6 Å². The first-order valence-electron chi connectivity index (χ1n) is 5.07. The van der Waals surface area contributed by atoms with E-state index < -0.39 is 9.84 Å². The van der Waals surface area contributed by atoms with E-state index in [2.05, 4.69) is 0 Å². The van der Waals surface area contributed by atoms with E-state index in [1.54, 1.807) is 24.1 Å². The molecule has 0 radical (unpaired) electrons. The second-order valence-electron chi connectivity index (χ2n) is 3.92. The molecule has 1 rings (SSSR count). The maximum Gasteiger partial charge on any atom is 0.149 e. The number of sulfone groups is 1. The van der Waals surface area contributed by atoms with Crippen LogP contribution in [-0.4, -0.2) is 34.0 Å². The molecule has 0 aliphatic carbocycles. The van der Waals surface area contributed by atoms with Gasteiger partial charge in [0.25, 0.3) is 0 Å². The molecule has 0 spiro atoms. The number of hydrogen-bond donors (Lipinski definition) is 0. The highest BCUT2D eigenvalue weighted by atomic mass is 35.5. The smallest absolute Gasteiger partial charge is 0.149 e. The second-order valence-corrected chi connectivity index (χ2v) is 6.45. The number of hydrogen-bond acceptors (Lipinski definition) is 3. The summed E-state index contributed by atoms with van der Waals surface area (Å²) < 4.78 is 35.6. The van der Waals surface area contributed by atoms with Crippen LogP contribution in [0.3, 0.4) is 0 Å². The molecule has 0 unspecified atom stereocenters. The summed E-state index contributed by atoms with van der Waals surface area (Å²) in [5.74, 6) is -0.281. The van der Waals surface area contributed by atoms with Crippen molar-refractivity contribution >= 4 is 27.1 Å². The van der Waals surface area contributed by atoms with E-state index in [9.17, 15) is 12.8 Å². The molecule has 0 N–H and O–H groups in total. The van der Waals surface area contributed by atoms with Gasteiger partial charge in [0.15, 0.2) is 0 Å². The summed E-state index contributed by atoms with van der Waals surface area (Å²) >= 11 is 5.69. The molecule has 0 aliphatic heterocycles. The molecule has 0 atom stereocenters. The van der Waals surface area contributed by atoms with Crippen LogP contribution in [0.25, 0.3) is 0 Å². The van der Waals surface area contributed by atoms with Gasteiger partial charge in [0, 0.05) is 31.1 Å². The van der Waals surface area contributed by atoms with Crippen LogP contribution in [0.2, 0.25) is 0 Å². The lowest BCUT2D eigenvalue weighted by Crippen LogP contribution is -2.25. The van der Waals surface area contributed by atoms with Crippen molar-refractivity contribution in [2.45, 2.75) is 5.88 Å². The third kappa shape index (κ3) is 4.16. The van der Waals surface area contributed by atoms with Gasteiger partial charge in [-0.3, -0.25) is 0 Å². The minimum atomic E-state index is -3.03. The Bertz CT molecular complexity index is 490. The summed E-state index contributed by atoms with van der Waals surface area (Å²) in [6.45, 7) is 0.312. The van der Waals surface area contributed by atoms with Crippen molar-refractivity contribution < 1.29 is 12.8 Å². The molecule has 1 aromatic carbocycles. The summed E-state index contributed by atoms with van der Waals surface area (Å²) in [4.78, 5) is 1.70. The Morgan fingerprint density at radius 3 is 2.59 bits per heavy atom. The zero-order valence-electron chi connectivity index (χ0n) is 9.78. The van der Waals surface area contributed by atoms with Gasteiger partial charge in [-0.25, -0.2) is 12.8 Å². The van der Waals surface area contributed by atoms with Crippen LogP contribution >= 0.6 is 11.6 Å². The Morgan fingerprint density at radius 2 is 2.06 bits per heavy atom. The lowest BCUT2D eigenvalue weighted by Gasteiger charge is -2.21. The zero-order chi connectivity index (χ0) is 13.1. The molecule has 0 bridgehead atoms. The van der Waals surface area contributed by atoms with Crippen molar-refractivity contribution in [3.8, 4) is 0 Å². The van der Waals surface area contributed by atoms with E-state index in [4.69, 9.17) is 11.6 Å². The number of alkyl halides is 1. The Labute approximate surface area is 106 Å². The fraction of sp³-hybridized carbons (Fsp3) is 0.455. The number of nitrogens with zero attached hydrogens (tertiary/aromatic N) is 1. The highest BCUT2D eigenvalue weighted by Crippen LogP contribution is 2.23. The molecule has 6 heteroatoms. The summed E-state index contributed by atoms with van der Waals surface area (Å²) in [5, 5.41) is 0. The van der Waals surface area contributed by atoms with E-state index in [0.29, 0.717) is 17.8 Å². The lowest BCUT2D eigenvalue weighted by molar-refractivity contribution is 0.600. The minimum absolute atomic E-state index is 0.0295. The Balaban J connectivity index is 2.89. The standard InChI is InChI=1S/C11H15ClFNO2S/c1-14(6-7-17(2,15)16)11-5-3-4-10(13)9(11)8-12/h3-5H,6-8H2,1-2H3. The molecule has 0 heterocycles. The number of benzene rings is 1. The largest absolute Gasteiger partial charge is 0.373 e. The van der Waals surface area contributed by atoms with Gasteiger partial charge >= 0.3 is 0 Å². The number of halogens is 2. The van der Waals surface area contributed by atoms with Crippen LogP contribution in [0.1, 0.15) is 5.56 Å². The van der Waals surface area contributed by atoms with Gasteiger partial charge in [0.1, 0.15) is 15.7 Å². The minimum Gasteiger partial charge on any atom is -0.373 e. The molecular weight excluding hydrogens is 265 g/mol. The maximum absolute atomic E-state index is 13.5. The van der Waals surface area contributed by atoms with Crippen molar-refractivity contribution in [3.63, 3.8) is 0 Å². The Hall–Kier alpha value is -0.810. The van der Waals surface area contributed by atoms with Gasteiger partial charge in [-0.1, -0.05) is 6.07 Å². The van der Waals surface area contributed by atoms with Crippen LogP contribution in [0.5, 0.6) is 0 Å². The normalized spacial score (nSPS) is 11.5. The van der Waals surface area contributed by atoms with Gasteiger partial charge in [0.2, 0.25) is 0 Å². The average Bonchev–Trinajstić information content (AvgIpc) is 2.24. The lowest BCUT2D eigenvalue weighted by atomic mass is 10.1.